The lowest BCUT2D eigenvalue weighted by molar-refractivity contribution is 0.411. The number of aromatic nitrogens is 1. The molecule has 20 heavy (non-hydrogen) atoms. The number of aryl methyl sites for hydroxylation is 2. The normalized spacial score (nSPS) is 12.2. The third-order valence-corrected chi connectivity index (χ3v) is 3.49. The molecular formula is C17H22N2O. The minimum atomic E-state index is 0.116. The molecule has 1 N–H and O–H groups in total. The number of rotatable bonds is 5. The van der Waals surface area contributed by atoms with Crippen molar-refractivity contribution in [2.45, 2.75) is 26.8 Å². The van der Waals surface area contributed by atoms with Crippen molar-refractivity contribution in [3.8, 4) is 5.75 Å². The number of methoxy groups -OCH3 is 1. The van der Waals surface area contributed by atoms with Gasteiger partial charge in [0, 0.05) is 6.20 Å². The van der Waals surface area contributed by atoms with E-state index in [0.717, 1.165) is 23.6 Å². The van der Waals surface area contributed by atoms with E-state index in [2.05, 4.69) is 49.3 Å². The molecule has 2 aromatic rings. The standard InChI is InChI=1S/C17H22N2O/c1-5-18-17(15-8-6-7-9-19-15)14-10-13(3)16(20-4)11-12(14)2/h6-11,17-18H,5H2,1-4H3. The molecular weight excluding hydrogens is 248 g/mol. The van der Waals surface area contributed by atoms with Crippen molar-refractivity contribution in [1.29, 1.82) is 0 Å². The van der Waals surface area contributed by atoms with Gasteiger partial charge >= 0.3 is 0 Å². The second kappa shape index (κ2) is 6.53. The van der Waals surface area contributed by atoms with E-state index < -0.39 is 0 Å². The quantitative estimate of drug-likeness (QED) is 0.904. The number of nitrogens with zero attached hydrogens (tertiary/aromatic N) is 1. The van der Waals surface area contributed by atoms with Crippen molar-refractivity contribution >= 4 is 0 Å². The lowest BCUT2D eigenvalue weighted by atomic mass is 9.95. The molecule has 1 aromatic carbocycles. The summed E-state index contributed by atoms with van der Waals surface area (Å²) in [6.07, 6.45) is 1.84. The van der Waals surface area contributed by atoms with Crippen molar-refractivity contribution < 1.29 is 4.74 Å². The first-order valence-electron chi connectivity index (χ1n) is 6.96. The van der Waals surface area contributed by atoms with Crippen LogP contribution < -0.4 is 10.1 Å². The van der Waals surface area contributed by atoms with Gasteiger partial charge in [-0.1, -0.05) is 19.1 Å². The predicted octanol–water partition coefficient (Wildman–Crippen LogP) is 3.41. The Morgan fingerprint density at radius 3 is 2.60 bits per heavy atom. The van der Waals surface area contributed by atoms with Crippen LogP contribution in [0.4, 0.5) is 0 Å². The first kappa shape index (κ1) is 14.5. The molecule has 1 unspecified atom stereocenters. The van der Waals surface area contributed by atoms with E-state index in [0.29, 0.717) is 0 Å². The largest absolute Gasteiger partial charge is 0.496 e. The first-order chi connectivity index (χ1) is 9.67. The van der Waals surface area contributed by atoms with Crippen molar-refractivity contribution in [2.24, 2.45) is 0 Å². The third kappa shape index (κ3) is 2.99. The maximum Gasteiger partial charge on any atom is 0.122 e. The van der Waals surface area contributed by atoms with E-state index in [1.807, 2.05) is 18.3 Å². The highest BCUT2D eigenvalue weighted by molar-refractivity contribution is 5.44. The number of hydrogen-bond donors (Lipinski definition) is 1. The molecule has 3 heteroatoms. The molecule has 0 aliphatic carbocycles. The van der Waals surface area contributed by atoms with Gasteiger partial charge in [0.2, 0.25) is 0 Å². The second-order valence-corrected chi connectivity index (χ2v) is 4.92. The Morgan fingerprint density at radius 2 is 2.00 bits per heavy atom. The molecule has 0 aliphatic rings. The van der Waals surface area contributed by atoms with Crippen LogP contribution in [0, 0.1) is 13.8 Å². The molecule has 0 bridgehead atoms. The predicted molar refractivity (Wildman–Crippen MR) is 82.2 cm³/mol. The molecule has 2 rings (SSSR count). The molecule has 0 saturated heterocycles. The van der Waals surface area contributed by atoms with Gasteiger partial charge in [0.25, 0.3) is 0 Å². The van der Waals surface area contributed by atoms with Crippen LogP contribution >= 0.6 is 0 Å². The van der Waals surface area contributed by atoms with Crippen LogP contribution in [0.3, 0.4) is 0 Å². The molecule has 0 amide bonds. The summed E-state index contributed by atoms with van der Waals surface area (Å²) < 4.78 is 5.39. The summed E-state index contributed by atoms with van der Waals surface area (Å²) in [5.41, 5.74) is 4.65. The Morgan fingerprint density at radius 1 is 1.20 bits per heavy atom. The SMILES string of the molecule is CCNC(c1ccccn1)c1cc(C)c(OC)cc1C. The van der Waals surface area contributed by atoms with Gasteiger partial charge in [-0.2, -0.15) is 0 Å². The Kier molecular flexibility index (Phi) is 4.74. The summed E-state index contributed by atoms with van der Waals surface area (Å²) in [4.78, 5) is 4.49. The Labute approximate surface area is 121 Å². The van der Waals surface area contributed by atoms with Gasteiger partial charge < -0.3 is 10.1 Å². The summed E-state index contributed by atoms with van der Waals surface area (Å²) in [5, 5.41) is 3.52. The maximum atomic E-state index is 5.39. The second-order valence-electron chi connectivity index (χ2n) is 4.92. The van der Waals surface area contributed by atoms with Crippen LogP contribution in [0.25, 0.3) is 0 Å². The smallest absolute Gasteiger partial charge is 0.122 e. The maximum absolute atomic E-state index is 5.39. The van der Waals surface area contributed by atoms with E-state index in [-0.39, 0.29) is 6.04 Å². The van der Waals surface area contributed by atoms with Crippen molar-refractivity contribution in [3.05, 3.63) is 58.9 Å². The third-order valence-electron chi connectivity index (χ3n) is 3.49. The number of pyridine rings is 1. The van der Waals surface area contributed by atoms with Crippen molar-refractivity contribution in [3.63, 3.8) is 0 Å². The van der Waals surface area contributed by atoms with Gasteiger partial charge in [0.1, 0.15) is 5.75 Å². The topological polar surface area (TPSA) is 34.2 Å². The van der Waals surface area contributed by atoms with E-state index in [1.54, 1.807) is 7.11 Å². The molecule has 1 aromatic heterocycles. The van der Waals surface area contributed by atoms with Crippen LogP contribution in [-0.4, -0.2) is 18.6 Å². The van der Waals surface area contributed by atoms with E-state index >= 15 is 0 Å². The fourth-order valence-corrected chi connectivity index (χ4v) is 2.47. The number of ether oxygens (including phenoxy) is 1. The molecule has 0 spiro atoms. The van der Waals surface area contributed by atoms with E-state index in [9.17, 15) is 0 Å². The van der Waals surface area contributed by atoms with Crippen molar-refractivity contribution in [2.75, 3.05) is 13.7 Å². The van der Waals surface area contributed by atoms with Gasteiger partial charge in [0.15, 0.2) is 0 Å². The summed E-state index contributed by atoms with van der Waals surface area (Å²) in [6, 6.07) is 10.4. The monoisotopic (exact) mass is 270 g/mol. The van der Waals surface area contributed by atoms with Crippen LogP contribution in [0.15, 0.2) is 36.5 Å². The summed E-state index contributed by atoms with van der Waals surface area (Å²) in [5.74, 6) is 0.933. The highest BCUT2D eigenvalue weighted by Gasteiger charge is 2.17. The zero-order valence-corrected chi connectivity index (χ0v) is 12.6. The molecule has 0 fully saturated rings. The van der Waals surface area contributed by atoms with Crippen LogP contribution in [0.5, 0.6) is 5.75 Å². The van der Waals surface area contributed by atoms with E-state index in [1.165, 1.54) is 11.1 Å². The average Bonchev–Trinajstić information content (AvgIpc) is 2.48. The minimum Gasteiger partial charge on any atom is -0.496 e. The zero-order valence-electron chi connectivity index (χ0n) is 12.6. The van der Waals surface area contributed by atoms with Gasteiger partial charge in [-0.15, -0.1) is 0 Å². The molecule has 0 radical (unpaired) electrons. The van der Waals surface area contributed by atoms with Crippen LogP contribution in [0.1, 0.15) is 35.3 Å². The molecule has 3 nitrogen and oxygen atoms in total. The van der Waals surface area contributed by atoms with Crippen molar-refractivity contribution in [1.82, 2.24) is 10.3 Å². The summed E-state index contributed by atoms with van der Waals surface area (Å²) in [6.45, 7) is 7.20. The molecule has 0 aliphatic heterocycles. The Balaban J connectivity index is 2.47. The van der Waals surface area contributed by atoms with Gasteiger partial charge in [-0.3, -0.25) is 4.98 Å². The Hall–Kier alpha value is -1.87. The number of nitrogens with one attached hydrogen (secondary N) is 1. The molecule has 1 atom stereocenters. The molecule has 0 saturated carbocycles. The first-order valence-corrected chi connectivity index (χ1v) is 6.96. The van der Waals surface area contributed by atoms with Gasteiger partial charge in [0.05, 0.1) is 18.8 Å². The average molecular weight is 270 g/mol. The zero-order chi connectivity index (χ0) is 14.5. The highest BCUT2D eigenvalue weighted by atomic mass is 16.5. The highest BCUT2D eigenvalue weighted by Crippen LogP contribution is 2.29. The number of benzene rings is 1. The van der Waals surface area contributed by atoms with Crippen LogP contribution in [-0.2, 0) is 0 Å². The van der Waals surface area contributed by atoms with Crippen LogP contribution in [0.2, 0.25) is 0 Å². The molecule has 1 heterocycles. The van der Waals surface area contributed by atoms with Gasteiger partial charge in [-0.25, -0.2) is 0 Å². The fraction of sp³-hybridized carbons (Fsp3) is 0.353. The van der Waals surface area contributed by atoms with Gasteiger partial charge in [-0.05, 0) is 55.3 Å². The fourth-order valence-electron chi connectivity index (χ4n) is 2.47. The lowest BCUT2D eigenvalue weighted by Gasteiger charge is -2.21. The lowest BCUT2D eigenvalue weighted by Crippen LogP contribution is -2.23. The Bertz CT molecular complexity index is 567. The summed E-state index contributed by atoms with van der Waals surface area (Å²) >= 11 is 0. The minimum absolute atomic E-state index is 0.116. The number of hydrogen-bond acceptors (Lipinski definition) is 3. The molecule has 106 valence electrons. The summed E-state index contributed by atoms with van der Waals surface area (Å²) in [7, 11) is 1.71. The van der Waals surface area contributed by atoms with E-state index in [4.69, 9.17) is 4.74 Å².